The third-order valence-corrected chi connectivity index (χ3v) is 3.10. The predicted octanol–water partition coefficient (Wildman–Crippen LogP) is 1.74. The van der Waals surface area contributed by atoms with Crippen LogP contribution in [-0.4, -0.2) is 10.8 Å². The van der Waals surface area contributed by atoms with Crippen LogP contribution in [0.1, 0.15) is 43.8 Å². The molecule has 5 heteroatoms. The molecule has 1 aromatic rings. The molecule has 0 atom stereocenters. The number of aromatic nitrogens is 1. The molecule has 0 aromatic carbocycles. The van der Waals surface area contributed by atoms with Gasteiger partial charge in [-0.15, -0.1) is 0 Å². The molecule has 0 fully saturated rings. The highest BCUT2D eigenvalue weighted by atomic mass is 32.1. The smallest absolute Gasteiger partial charge is 0.308 e. The molecular weight excluding hydrogens is 210 g/mol. The Kier molecular flexibility index (Phi) is 4.08. The first-order valence-corrected chi connectivity index (χ1v) is 5.90. The van der Waals surface area contributed by atoms with E-state index in [9.17, 15) is 4.79 Å². The number of hydrazone groups is 1. The molecule has 1 aromatic heterocycles. The summed E-state index contributed by atoms with van der Waals surface area (Å²) in [6.45, 7) is 6.11. The van der Waals surface area contributed by atoms with Gasteiger partial charge in [-0.3, -0.25) is 9.36 Å². The van der Waals surface area contributed by atoms with Gasteiger partial charge in [0.1, 0.15) is 0 Å². The van der Waals surface area contributed by atoms with E-state index in [1.54, 1.807) is 6.21 Å². The lowest BCUT2D eigenvalue weighted by molar-refractivity contribution is 0.560. The van der Waals surface area contributed by atoms with Crippen LogP contribution in [0.5, 0.6) is 0 Å². The average Bonchev–Trinajstić information content (AvgIpc) is 2.44. The molecule has 0 aliphatic rings. The topological polar surface area (TPSA) is 60.4 Å². The Morgan fingerprint density at radius 3 is 2.73 bits per heavy atom. The Morgan fingerprint density at radius 1 is 1.60 bits per heavy atom. The van der Waals surface area contributed by atoms with E-state index in [4.69, 9.17) is 5.84 Å². The van der Waals surface area contributed by atoms with Crippen molar-refractivity contribution in [1.29, 1.82) is 0 Å². The fourth-order valence-electron chi connectivity index (χ4n) is 1.60. The van der Waals surface area contributed by atoms with Crippen molar-refractivity contribution in [3.05, 3.63) is 20.2 Å². The largest absolute Gasteiger partial charge is 0.323 e. The van der Waals surface area contributed by atoms with Crippen molar-refractivity contribution in [1.82, 2.24) is 4.57 Å². The van der Waals surface area contributed by atoms with E-state index in [2.05, 4.69) is 12.0 Å². The molecule has 0 aliphatic carbocycles. The molecular formula is C10H17N3OS. The molecule has 0 amide bonds. The molecule has 0 radical (unpaired) electrons. The molecule has 0 bridgehead atoms. The maximum absolute atomic E-state index is 11.7. The molecule has 1 heterocycles. The van der Waals surface area contributed by atoms with Gasteiger partial charge in [-0.2, -0.15) is 5.10 Å². The Balaban J connectivity index is 3.30. The lowest BCUT2D eigenvalue weighted by Crippen LogP contribution is -2.18. The van der Waals surface area contributed by atoms with Crippen molar-refractivity contribution in [3.8, 4) is 0 Å². The number of hydrogen-bond donors (Lipinski definition) is 1. The van der Waals surface area contributed by atoms with Crippen molar-refractivity contribution < 1.29 is 0 Å². The minimum Gasteiger partial charge on any atom is -0.323 e. The summed E-state index contributed by atoms with van der Waals surface area (Å²) in [4.78, 5) is 12.7. The number of thiazole rings is 1. The molecule has 4 nitrogen and oxygen atoms in total. The Morgan fingerprint density at radius 2 is 2.27 bits per heavy atom. The molecule has 0 aliphatic heterocycles. The summed E-state index contributed by atoms with van der Waals surface area (Å²) in [6, 6.07) is 0.190. The Bertz CT molecular complexity index is 403. The first-order valence-electron chi connectivity index (χ1n) is 5.09. The van der Waals surface area contributed by atoms with E-state index in [1.807, 2.05) is 18.4 Å². The minimum atomic E-state index is 0.0725. The van der Waals surface area contributed by atoms with Crippen molar-refractivity contribution >= 4 is 17.6 Å². The van der Waals surface area contributed by atoms with E-state index in [-0.39, 0.29) is 10.9 Å². The van der Waals surface area contributed by atoms with Gasteiger partial charge in [0.15, 0.2) is 0 Å². The summed E-state index contributed by atoms with van der Waals surface area (Å²) in [6.07, 6.45) is 3.46. The zero-order valence-corrected chi connectivity index (χ0v) is 10.2. The van der Waals surface area contributed by atoms with Crippen LogP contribution in [0.2, 0.25) is 0 Å². The van der Waals surface area contributed by atoms with Crippen molar-refractivity contribution in [2.45, 2.75) is 39.7 Å². The highest BCUT2D eigenvalue weighted by Crippen LogP contribution is 2.16. The molecule has 84 valence electrons. The summed E-state index contributed by atoms with van der Waals surface area (Å²) in [7, 11) is 0. The van der Waals surface area contributed by atoms with Crippen molar-refractivity contribution in [3.63, 3.8) is 0 Å². The molecule has 0 saturated carbocycles. The number of nitrogens with two attached hydrogens (primary N) is 1. The van der Waals surface area contributed by atoms with Gasteiger partial charge in [-0.05, 0) is 20.3 Å². The summed E-state index contributed by atoms with van der Waals surface area (Å²) >= 11 is 1.21. The van der Waals surface area contributed by atoms with Gasteiger partial charge in [0.25, 0.3) is 0 Å². The zero-order chi connectivity index (χ0) is 11.4. The van der Waals surface area contributed by atoms with E-state index >= 15 is 0 Å². The lowest BCUT2D eigenvalue weighted by atomic mass is 10.2. The first kappa shape index (κ1) is 12.0. The maximum atomic E-state index is 11.7. The number of hydrogen-bond acceptors (Lipinski definition) is 4. The second-order valence-electron chi connectivity index (χ2n) is 3.67. The second-order valence-corrected chi connectivity index (χ2v) is 4.66. The molecule has 15 heavy (non-hydrogen) atoms. The van der Waals surface area contributed by atoms with Crippen molar-refractivity contribution in [2.75, 3.05) is 0 Å². The molecule has 0 saturated heterocycles. The van der Waals surface area contributed by atoms with Crippen molar-refractivity contribution in [2.24, 2.45) is 10.9 Å². The maximum Gasteiger partial charge on any atom is 0.308 e. The molecule has 2 N–H and O–H groups in total. The number of rotatable bonds is 4. The summed E-state index contributed by atoms with van der Waals surface area (Å²) in [5, 5.41) is 3.50. The second kappa shape index (κ2) is 5.11. The fourth-order valence-corrected chi connectivity index (χ4v) is 2.64. The summed E-state index contributed by atoms with van der Waals surface area (Å²) < 4.78 is 1.82. The first-order chi connectivity index (χ1) is 7.11. The molecule has 1 rings (SSSR count). The summed E-state index contributed by atoms with van der Waals surface area (Å²) in [5.74, 6) is 5.13. The normalized spacial score (nSPS) is 11.7. The van der Waals surface area contributed by atoms with Crippen LogP contribution in [0.3, 0.4) is 0 Å². The van der Waals surface area contributed by atoms with Crippen LogP contribution in [0, 0.1) is 0 Å². The van der Waals surface area contributed by atoms with E-state index in [1.165, 1.54) is 11.3 Å². The van der Waals surface area contributed by atoms with Gasteiger partial charge in [0.2, 0.25) is 0 Å². The molecule has 0 spiro atoms. The standard InChI is InChI=1S/C10H17N3OS/c1-4-5-8-9(6-12-11)15-10(14)13(8)7(2)3/h6-7H,4-5,11H2,1-3H3/b12-6-. The van der Waals surface area contributed by atoms with Crippen LogP contribution in [0.25, 0.3) is 0 Å². The van der Waals surface area contributed by atoms with Gasteiger partial charge in [-0.25, -0.2) is 0 Å². The fraction of sp³-hybridized carbons (Fsp3) is 0.600. The third-order valence-electron chi connectivity index (χ3n) is 2.16. The number of nitrogens with zero attached hydrogens (tertiary/aromatic N) is 2. The Labute approximate surface area is 93.4 Å². The van der Waals surface area contributed by atoms with Crippen LogP contribution in [0.4, 0.5) is 0 Å². The SMILES string of the molecule is CCCc1c(/C=N\N)sc(=O)n1C(C)C. The molecule has 0 unspecified atom stereocenters. The van der Waals surface area contributed by atoms with Crippen LogP contribution < -0.4 is 10.7 Å². The van der Waals surface area contributed by atoms with E-state index in [0.717, 1.165) is 23.4 Å². The quantitative estimate of drug-likeness (QED) is 0.484. The average molecular weight is 227 g/mol. The third kappa shape index (κ3) is 2.47. The van der Waals surface area contributed by atoms with Crippen LogP contribution in [-0.2, 0) is 6.42 Å². The van der Waals surface area contributed by atoms with E-state index in [0.29, 0.717) is 0 Å². The van der Waals surface area contributed by atoms with Gasteiger partial charge >= 0.3 is 4.87 Å². The van der Waals surface area contributed by atoms with Gasteiger partial charge in [0.05, 0.1) is 11.1 Å². The van der Waals surface area contributed by atoms with Gasteiger partial charge < -0.3 is 5.84 Å². The highest BCUT2D eigenvalue weighted by Gasteiger charge is 2.14. The monoisotopic (exact) mass is 227 g/mol. The predicted molar refractivity (Wildman–Crippen MR) is 64.7 cm³/mol. The Hall–Kier alpha value is -1.10. The van der Waals surface area contributed by atoms with Crippen LogP contribution in [0.15, 0.2) is 9.90 Å². The zero-order valence-electron chi connectivity index (χ0n) is 9.36. The van der Waals surface area contributed by atoms with Gasteiger partial charge in [-0.1, -0.05) is 24.7 Å². The minimum absolute atomic E-state index is 0.0725. The summed E-state index contributed by atoms with van der Waals surface area (Å²) in [5.41, 5.74) is 1.05. The van der Waals surface area contributed by atoms with E-state index < -0.39 is 0 Å². The van der Waals surface area contributed by atoms with Crippen LogP contribution >= 0.6 is 11.3 Å². The highest BCUT2D eigenvalue weighted by molar-refractivity contribution is 7.11. The lowest BCUT2D eigenvalue weighted by Gasteiger charge is -2.10. The van der Waals surface area contributed by atoms with Gasteiger partial charge in [0, 0.05) is 11.7 Å².